The third kappa shape index (κ3) is 7.41. The molecule has 5 aliphatic rings. The molecular formula is C34H42O17. The number of carbonyl (C=O) groups excluding carboxylic acids is 3. The van der Waals surface area contributed by atoms with E-state index in [1.807, 2.05) is 6.07 Å². The molecule has 16 atom stereocenters. The molecule has 4 heterocycles. The third-order valence-electron chi connectivity index (χ3n) is 9.68. The van der Waals surface area contributed by atoms with Crippen LogP contribution < -0.4 is 0 Å². The largest absolute Gasteiger partial charge is 0.472 e. The van der Waals surface area contributed by atoms with Gasteiger partial charge in [-0.05, 0) is 24.6 Å². The van der Waals surface area contributed by atoms with E-state index in [9.17, 15) is 39.9 Å². The number of aliphatic hydroxyl groups is 5. The summed E-state index contributed by atoms with van der Waals surface area (Å²) in [5.41, 5.74) is -0.556. The van der Waals surface area contributed by atoms with Crippen LogP contribution in [0.3, 0.4) is 0 Å². The van der Waals surface area contributed by atoms with Crippen LogP contribution in [0, 0.1) is 11.8 Å². The average molecular weight is 723 g/mol. The minimum atomic E-state index is -1.72. The van der Waals surface area contributed by atoms with Crippen LogP contribution in [-0.2, 0) is 57.0 Å². The normalized spacial score (nSPS) is 42.7. The zero-order valence-electron chi connectivity index (χ0n) is 27.9. The van der Waals surface area contributed by atoms with E-state index in [0.717, 1.165) is 12.5 Å². The van der Waals surface area contributed by atoms with Gasteiger partial charge in [-0.2, -0.15) is 0 Å². The standard InChI is InChI=1S/C34H42O17/c1-15-26(45-16(2)37)28(48-21(39)10-9-18-7-5-4-6-8-18)29(46-17(3)38)33(44-15)49-27-19-11-12-43-31(22(19)34(14-36)30(27)51-34)50-32-25(42)24(41)23(40)20(13-35)47-32/h4-12,15,19-20,22-33,35-36,40-42H,13-14H2,1-3H3/b10-9+. The maximum atomic E-state index is 13.1. The van der Waals surface area contributed by atoms with Gasteiger partial charge >= 0.3 is 17.9 Å². The van der Waals surface area contributed by atoms with E-state index in [1.165, 1.54) is 25.3 Å². The van der Waals surface area contributed by atoms with E-state index in [1.54, 1.807) is 37.3 Å². The van der Waals surface area contributed by atoms with Gasteiger partial charge in [0.25, 0.3) is 0 Å². The fourth-order valence-electron chi connectivity index (χ4n) is 7.25. The molecule has 17 nitrogen and oxygen atoms in total. The highest BCUT2D eigenvalue weighted by atomic mass is 16.8. The summed E-state index contributed by atoms with van der Waals surface area (Å²) in [5, 5.41) is 51.2. The summed E-state index contributed by atoms with van der Waals surface area (Å²) < 4.78 is 52.6. The number of epoxide rings is 1. The predicted molar refractivity (Wildman–Crippen MR) is 166 cm³/mol. The number of ether oxygens (including phenoxy) is 9. The van der Waals surface area contributed by atoms with Crippen molar-refractivity contribution in [2.45, 2.75) is 106 Å². The molecule has 6 rings (SSSR count). The van der Waals surface area contributed by atoms with Crippen molar-refractivity contribution in [2.24, 2.45) is 11.8 Å². The molecule has 17 heteroatoms. The van der Waals surface area contributed by atoms with Crippen molar-refractivity contribution in [3.63, 3.8) is 0 Å². The molecule has 0 spiro atoms. The Hall–Kier alpha value is -3.49. The summed E-state index contributed by atoms with van der Waals surface area (Å²) in [6.07, 6.45) is -11.5. The Kier molecular flexibility index (Phi) is 11.1. The molecule has 1 aromatic carbocycles. The summed E-state index contributed by atoms with van der Waals surface area (Å²) in [5.74, 6) is -3.71. The number of aliphatic hydroxyl groups excluding tert-OH is 5. The second-order valence-electron chi connectivity index (χ2n) is 13.0. The van der Waals surface area contributed by atoms with Crippen LogP contribution in [0.25, 0.3) is 6.08 Å². The van der Waals surface area contributed by atoms with Crippen molar-refractivity contribution in [3.05, 3.63) is 54.3 Å². The first-order valence-corrected chi connectivity index (χ1v) is 16.5. The minimum Gasteiger partial charge on any atom is -0.472 e. The Morgan fingerprint density at radius 2 is 1.53 bits per heavy atom. The van der Waals surface area contributed by atoms with E-state index < -0.39 is 128 Å². The summed E-state index contributed by atoms with van der Waals surface area (Å²) in [6, 6.07) is 8.96. The lowest BCUT2D eigenvalue weighted by atomic mass is 9.85. The smallest absolute Gasteiger partial charge is 0.331 e. The number of hydrogen-bond donors (Lipinski definition) is 5. The van der Waals surface area contributed by atoms with Crippen LogP contribution >= 0.6 is 0 Å². The van der Waals surface area contributed by atoms with Crippen LogP contribution in [0.5, 0.6) is 0 Å². The summed E-state index contributed by atoms with van der Waals surface area (Å²) in [6.45, 7) is 2.69. The second kappa shape index (κ2) is 15.2. The molecule has 51 heavy (non-hydrogen) atoms. The lowest BCUT2D eigenvalue weighted by Crippen LogP contribution is -2.62. The minimum absolute atomic E-state index is 0.512. The number of fused-ring (bicyclic) bond motifs is 3. The van der Waals surface area contributed by atoms with Gasteiger partial charge in [0.15, 0.2) is 30.9 Å². The highest BCUT2D eigenvalue weighted by Gasteiger charge is 2.77. The maximum absolute atomic E-state index is 13.1. The average Bonchev–Trinajstić information content (AvgIpc) is 3.78. The van der Waals surface area contributed by atoms with Crippen molar-refractivity contribution in [2.75, 3.05) is 13.2 Å². The topological polar surface area (TPSA) is 239 Å². The Morgan fingerprint density at radius 3 is 2.20 bits per heavy atom. The maximum Gasteiger partial charge on any atom is 0.331 e. The molecule has 4 fully saturated rings. The summed E-state index contributed by atoms with van der Waals surface area (Å²) >= 11 is 0. The van der Waals surface area contributed by atoms with Crippen LogP contribution in [0.1, 0.15) is 26.3 Å². The first-order chi connectivity index (χ1) is 24.4. The van der Waals surface area contributed by atoms with E-state index in [-0.39, 0.29) is 0 Å². The van der Waals surface area contributed by atoms with Gasteiger partial charge in [0, 0.05) is 25.8 Å². The SMILES string of the molecule is CC(=O)OC1C(C)OC(OC2C3C=COC(OC4OC(CO)C(O)C(O)C4O)C3C3(CO)OC23)C(OC(C)=O)C1OC(=O)/C=C/c1ccccc1. The van der Waals surface area contributed by atoms with Gasteiger partial charge in [0.05, 0.1) is 37.6 Å². The zero-order valence-corrected chi connectivity index (χ0v) is 27.9. The Morgan fingerprint density at radius 1 is 0.824 bits per heavy atom. The third-order valence-corrected chi connectivity index (χ3v) is 9.68. The number of rotatable bonds is 11. The molecule has 1 aliphatic carbocycles. The Labute approximate surface area is 292 Å². The lowest BCUT2D eigenvalue weighted by Gasteiger charge is -2.45. The van der Waals surface area contributed by atoms with E-state index in [4.69, 9.17) is 42.6 Å². The fraction of sp³-hybridized carbons (Fsp3) is 0.618. The van der Waals surface area contributed by atoms with E-state index in [0.29, 0.717) is 0 Å². The molecule has 1 aromatic rings. The van der Waals surface area contributed by atoms with Gasteiger partial charge in [0.2, 0.25) is 6.29 Å². The van der Waals surface area contributed by atoms with Gasteiger partial charge in [0.1, 0.15) is 36.1 Å². The van der Waals surface area contributed by atoms with Gasteiger partial charge in [-0.15, -0.1) is 0 Å². The highest BCUT2D eigenvalue weighted by molar-refractivity contribution is 5.87. The van der Waals surface area contributed by atoms with Crippen LogP contribution in [-0.4, -0.2) is 142 Å². The highest BCUT2D eigenvalue weighted by Crippen LogP contribution is 2.61. The molecule has 0 aromatic heterocycles. The summed E-state index contributed by atoms with van der Waals surface area (Å²) in [7, 11) is 0. The predicted octanol–water partition coefficient (Wildman–Crippen LogP) is -1.33. The number of esters is 3. The first-order valence-electron chi connectivity index (χ1n) is 16.5. The number of benzene rings is 1. The fourth-order valence-corrected chi connectivity index (χ4v) is 7.25. The molecular weight excluding hydrogens is 680 g/mol. The van der Waals surface area contributed by atoms with Crippen molar-refractivity contribution >= 4 is 24.0 Å². The van der Waals surface area contributed by atoms with E-state index in [2.05, 4.69) is 0 Å². The molecule has 1 saturated carbocycles. The zero-order chi connectivity index (χ0) is 36.6. The molecule has 4 aliphatic heterocycles. The van der Waals surface area contributed by atoms with Crippen molar-refractivity contribution < 1.29 is 82.5 Å². The monoisotopic (exact) mass is 722 g/mol. The molecule has 0 amide bonds. The Balaban J connectivity index is 1.24. The molecule has 16 unspecified atom stereocenters. The molecule has 280 valence electrons. The Bertz CT molecular complexity index is 1470. The summed E-state index contributed by atoms with van der Waals surface area (Å²) in [4.78, 5) is 37.6. The quantitative estimate of drug-likeness (QED) is 0.0769. The van der Waals surface area contributed by atoms with Gasteiger partial charge in [-0.25, -0.2) is 4.79 Å². The molecule has 3 saturated heterocycles. The lowest BCUT2D eigenvalue weighted by molar-refractivity contribution is -0.347. The second-order valence-corrected chi connectivity index (χ2v) is 13.0. The number of hydrogen-bond acceptors (Lipinski definition) is 17. The van der Waals surface area contributed by atoms with Crippen LogP contribution in [0.15, 0.2) is 48.7 Å². The molecule has 0 bridgehead atoms. The van der Waals surface area contributed by atoms with Crippen molar-refractivity contribution in [1.82, 2.24) is 0 Å². The van der Waals surface area contributed by atoms with Crippen LogP contribution in [0.4, 0.5) is 0 Å². The number of carbonyl (C=O) groups is 3. The van der Waals surface area contributed by atoms with E-state index >= 15 is 0 Å². The van der Waals surface area contributed by atoms with Crippen molar-refractivity contribution in [3.8, 4) is 0 Å². The molecule has 0 radical (unpaired) electrons. The van der Waals surface area contributed by atoms with Gasteiger partial charge < -0.3 is 68.2 Å². The van der Waals surface area contributed by atoms with Crippen molar-refractivity contribution in [1.29, 1.82) is 0 Å². The van der Waals surface area contributed by atoms with Crippen LogP contribution in [0.2, 0.25) is 0 Å². The first kappa shape index (κ1) is 37.3. The van der Waals surface area contributed by atoms with Gasteiger partial charge in [-0.3, -0.25) is 9.59 Å². The molecule has 5 N–H and O–H groups in total. The van der Waals surface area contributed by atoms with Gasteiger partial charge in [-0.1, -0.05) is 30.3 Å².